The third-order valence-corrected chi connectivity index (χ3v) is 3.88. The van der Waals surface area contributed by atoms with E-state index in [1.54, 1.807) is 54.6 Å². The summed E-state index contributed by atoms with van der Waals surface area (Å²) in [6.45, 7) is 1.88. The number of carbonyl (C=O) groups excluding carboxylic acids is 2. The summed E-state index contributed by atoms with van der Waals surface area (Å²) in [5, 5.41) is -0.873. The highest BCUT2D eigenvalue weighted by molar-refractivity contribution is 6.64. The number of carbonyl (C=O) groups is 2. The second-order valence-corrected chi connectivity index (χ2v) is 6.82. The summed E-state index contributed by atoms with van der Waals surface area (Å²) < 4.78 is 11.4. The van der Waals surface area contributed by atoms with Gasteiger partial charge in [0.05, 0.1) is 6.26 Å². The van der Waals surface area contributed by atoms with E-state index in [1.165, 1.54) is 6.26 Å². The number of rotatable bonds is 10. The molecule has 2 aromatic rings. The first-order valence-corrected chi connectivity index (χ1v) is 9.60. The Balaban J connectivity index is 2.05. The van der Waals surface area contributed by atoms with Crippen LogP contribution in [0, 0.1) is 0 Å². The number of hydrogen-bond donors (Lipinski definition) is 0. The summed E-state index contributed by atoms with van der Waals surface area (Å²) >= 11 is 10.9. The first-order chi connectivity index (χ1) is 14.0. The van der Waals surface area contributed by atoms with Crippen LogP contribution in [0.3, 0.4) is 0 Å². The maximum atomic E-state index is 11.1. The quantitative estimate of drug-likeness (QED) is 0.250. The molecule has 29 heavy (non-hydrogen) atoms. The van der Waals surface area contributed by atoms with E-state index in [-0.39, 0.29) is 12.8 Å². The van der Waals surface area contributed by atoms with Gasteiger partial charge >= 0.3 is 0 Å². The Bertz CT molecular complexity index is 945. The lowest BCUT2D eigenvalue weighted by atomic mass is 10.1. The molecule has 2 aromatic carbocycles. The molecule has 0 saturated heterocycles. The van der Waals surface area contributed by atoms with Crippen LogP contribution in [0.1, 0.15) is 18.9 Å². The van der Waals surface area contributed by atoms with Crippen molar-refractivity contribution in [2.45, 2.75) is 19.8 Å². The highest BCUT2D eigenvalue weighted by atomic mass is 35.5. The van der Waals surface area contributed by atoms with Crippen molar-refractivity contribution in [1.82, 2.24) is 0 Å². The van der Waals surface area contributed by atoms with Crippen molar-refractivity contribution < 1.29 is 19.1 Å². The zero-order valence-electron chi connectivity index (χ0n) is 15.8. The molecule has 0 bridgehead atoms. The molecule has 0 saturated carbocycles. The Morgan fingerprint density at radius 2 is 1.66 bits per heavy atom. The summed E-state index contributed by atoms with van der Waals surface area (Å²) in [4.78, 5) is 22.2. The fraction of sp³-hybridized carbons (Fsp3) is 0.130. The number of halogens is 2. The minimum atomic E-state index is -0.445. The molecular weight excluding hydrogens is 411 g/mol. The van der Waals surface area contributed by atoms with Gasteiger partial charge in [-0.15, -0.1) is 0 Å². The van der Waals surface area contributed by atoms with Crippen LogP contribution in [-0.2, 0) is 16.0 Å². The number of benzene rings is 2. The first-order valence-electron chi connectivity index (χ1n) is 8.85. The van der Waals surface area contributed by atoms with Gasteiger partial charge in [0.15, 0.2) is 0 Å². The fourth-order valence-corrected chi connectivity index (χ4v) is 2.69. The lowest BCUT2D eigenvalue weighted by molar-refractivity contribution is -0.111. The van der Waals surface area contributed by atoms with Crippen LogP contribution in [-0.4, -0.2) is 10.5 Å². The lowest BCUT2D eigenvalue weighted by Crippen LogP contribution is -1.94. The van der Waals surface area contributed by atoms with Gasteiger partial charge < -0.3 is 9.47 Å². The number of hydrogen-bond acceptors (Lipinski definition) is 4. The van der Waals surface area contributed by atoms with Gasteiger partial charge in [0, 0.05) is 18.9 Å². The Kier molecular flexibility index (Phi) is 9.22. The largest absolute Gasteiger partial charge is 0.465 e. The van der Waals surface area contributed by atoms with Gasteiger partial charge in [-0.25, -0.2) is 0 Å². The van der Waals surface area contributed by atoms with E-state index in [4.69, 9.17) is 32.7 Å². The summed E-state index contributed by atoms with van der Waals surface area (Å²) in [7, 11) is 0. The van der Waals surface area contributed by atoms with E-state index in [0.29, 0.717) is 17.2 Å². The Labute approximate surface area is 180 Å². The van der Waals surface area contributed by atoms with E-state index in [9.17, 15) is 9.59 Å². The maximum Gasteiger partial charge on any atom is 0.226 e. The van der Waals surface area contributed by atoms with Gasteiger partial charge in [0.25, 0.3) is 0 Å². The van der Waals surface area contributed by atoms with Gasteiger partial charge in [-0.1, -0.05) is 36.4 Å². The highest BCUT2D eigenvalue weighted by Crippen LogP contribution is 2.26. The molecule has 0 unspecified atom stereocenters. The topological polar surface area (TPSA) is 52.6 Å². The van der Waals surface area contributed by atoms with Crippen molar-refractivity contribution in [3.8, 4) is 17.2 Å². The molecule has 0 spiro atoms. The van der Waals surface area contributed by atoms with Crippen LogP contribution in [0.4, 0.5) is 0 Å². The molecule has 4 nitrogen and oxygen atoms in total. The normalized spacial score (nSPS) is 11.8. The summed E-state index contributed by atoms with van der Waals surface area (Å²) in [5.41, 5.74) is 1.49. The second-order valence-electron chi connectivity index (χ2n) is 5.98. The Morgan fingerprint density at radius 3 is 2.34 bits per heavy atom. The SMILES string of the molecule is C\C=C/C=C(\C=C\Oc1cccc(Oc2cccc(CC(=O)Cl)c2)c1)CC(=O)Cl. The third-order valence-electron chi connectivity index (χ3n) is 3.61. The minimum absolute atomic E-state index is 0.107. The number of ether oxygens (including phenoxy) is 2. The Morgan fingerprint density at radius 1 is 0.966 bits per heavy atom. The average Bonchev–Trinajstić information content (AvgIpc) is 2.65. The van der Waals surface area contributed by atoms with Gasteiger partial charge in [-0.2, -0.15) is 0 Å². The molecule has 0 aliphatic carbocycles. The summed E-state index contributed by atoms with van der Waals surface area (Å²) in [6.07, 6.45) is 8.88. The maximum absolute atomic E-state index is 11.1. The molecule has 0 fully saturated rings. The van der Waals surface area contributed by atoms with Crippen LogP contribution in [0.25, 0.3) is 0 Å². The van der Waals surface area contributed by atoms with Crippen LogP contribution in [0.5, 0.6) is 17.2 Å². The van der Waals surface area contributed by atoms with Crippen molar-refractivity contribution in [2.24, 2.45) is 0 Å². The van der Waals surface area contributed by atoms with E-state index >= 15 is 0 Å². The van der Waals surface area contributed by atoms with Crippen LogP contribution in [0.2, 0.25) is 0 Å². The summed E-state index contributed by atoms with van der Waals surface area (Å²) in [6, 6.07) is 14.2. The third kappa shape index (κ3) is 8.81. The standard InChI is InChI=1S/C23H20Cl2O4/c1-2-3-6-17(14-22(24)26)11-12-28-19-8-5-10-21(16-19)29-20-9-4-7-18(13-20)15-23(25)27/h2-13,16H,14-15H2,1H3/b3-2-,12-11+,17-6+. The monoisotopic (exact) mass is 430 g/mol. The molecule has 0 N–H and O–H groups in total. The second kappa shape index (κ2) is 11.9. The first kappa shape index (κ1) is 22.5. The van der Waals surface area contributed by atoms with E-state index < -0.39 is 10.5 Å². The van der Waals surface area contributed by atoms with Crippen molar-refractivity contribution in [2.75, 3.05) is 0 Å². The van der Waals surface area contributed by atoms with Gasteiger partial charge in [0.2, 0.25) is 10.5 Å². The van der Waals surface area contributed by atoms with E-state index in [1.807, 2.05) is 25.1 Å². The summed E-state index contributed by atoms with van der Waals surface area (Å²) in [5.74, 6) is 1.73. The van der Waals surface area contributed by atoms with Gasteiger partial charge in [-0.05, 0) is 71.6 Å². The van der Waals surface area contributed by atoms with Crippen LogP contribution >= 0.6 is 23.2 Å². The predicted molar refractivity (Wildman–Crippen MR) is 116 cm³/mol. The highest BCUT2D eigenvalue weighted by Gasteiger charge is 2.04. The van der Waals surface area contributed by atoms with E-state index in [0.717, 1.165) is 11.1 Å². The van der Waals surface area contributed by atoms with Gasteiger partial charge in [-0.3, -0.25) is 9.59 Å². The fourth-order valence-electron chi connectivity index (χ4n) is 2.38. The molecule has 0 aliphatic heterocycles. The van der Waals surface area contributed by atoms with Gasteiger partial charge in [0.1, 0.15) is 17.2 Å². The van der Waals surface area contributed by atoms with Crippen molar-refractivity contribution in [1.29, 1.82) is 0 Å². The molecule has 0 aromatic heterocycles. The average molecular weight is 431 g/mol. The smallest absolute Gasteiger partial charge is 0.226 e. The zero-order chi connectivity index (χ0) is 21.1. The molecule has 150 valence electrons. The molecule has 0 atom stereocenters. The number of allylic oxidation sites excluding steroid dienone is 5. The molecule has 0 amide bonds. The van der Waals surface area contributed by atoms with Crippen molar-refractivity contribution >= 4 is 33.7 Å². The van der Waals surface area contributed by atoms with Crippen LogP contribution < -0.4 is 9.47 Å². The molecule has 0 radical (unpaired) electrons. The molecule has 2 rings (SSSR count). The molecule has 0 heterocycles. The van der Waals surface area contributed by atoms with Crippen LogP contribution in [0.15, 0.2) is 84.7 Å². The molecule has 6 heteroatoms. The zero-order valence-corrected chi connectivity index (χ0v) is 17.3. The van der Waals surface area contributed by atoms with Crippen molar-refractivity contribution in [3.05, 3.63) is 90.2 Å². The van der Waals surface area contributed by atoms with Crippen molar-refractivity contribution in [3.63, 3.8) is 0 Å². The Hall–Kier alpha value is -2.82. The molecular formula is C23H20Cl2O4. The lowest BCUT2D eigenvalue weighted by Gasteiger charge is -2.08. The van der Waals surface area contributed by atoms with E-state index in [2.05, 4.69) is 0 Å². The molecule has 0 aliphatic rings. The minimum Gasteiger partial charge on any atom is -0.465 e. The predicted octanol–water partition coefficient (Wildman–Crippen LogP) is 6.34.